The van der Waals surface area contributed by atoms with Gasteiger partial charge in [0.2, 0.25) is 0 Å². The Hall–Kier alpha value is -2.77. The maximum atomic E-state index is 13.4. The normalized spacial score (nSPS) is 14.7. The van der Waals surface area contributed by atoms with E-state index in [1.165, 1.54) is 16.0 Å². The van der Waals surface area contributed by atoms with Gasteiger partial charge >= 0.3 is 6.18 Å². The van der Waals surface area contributed by atoms with E-state index in [-0.39, 0.29) is 13.1 Å². The first-order valence-corrected chi connectivity index (χ1v) is 10.3. The zero-order chi connectivity index (χ0) is 22.8. The topological polar surface area (TPSA) is 32.8 Å². The first-order valence-electron chi connectivity index (χ1n) is 10.3. The molecule has 0 bridgehead atoms. The minimum Gasteiger partial charge on any atom is -0.495 e. The number of rotatable bonds is 5. The van der Waals surface area contributed by atoms with Gasteiger partial charge < -0.3 is 14.5 Å². The number of aryl methyl sites for hydroxylation is 1. The van der Waals surface area contributed by atoms with E-state index in [0.717, 1.165) is 36.4 Å². The molecule has 1 aliphatic rings. The van der Waals surface area contributed by atoms with Gasteiger partial charge in [0.15, 0.2) is 0 Å². The van der Waals surface area contributed by atoms with Crippen molar-refractivity contribution in [2.24, 2.45) is 0 Å². The van der Waals surface area contributed by atoms with Crippen LogP contribution in [0.4, 0.5) is 23.2 Å². The molecular weight excluding hydrogens is 412 g/mol. The average Bonchev–Trinajstić information content (AvgIpc) is 2.77. The van der Waals surface area contributed by atoms with Crippen LogP contribution < -0.4 is 9.64 Å². The number of methoxy groups -OCH3 is 1. The van der Waals surface area contributed by atoms with Gasteiger partial charge in [-0.05, 0) is 48.2 Å². The highest BCUT2D eigenvalue weighted by molar-refractivity contribution is 5.96. The Morgan fingerprint density at radius 3 is 2.26 bits per heavy atom. The van der Waals surface area contributed by atoms with Crippen LogP contribution in [0.2, 0.25) is 0 Å². The molecule has 1 fully saturated rings. The summed E-state index contributed by atoms with van der Waals surface area (Å²) >= 11 is 0. The van der Waals surface area contributed by atoms with Crippen molar-refractivity contribution >= 4 is 11.6 Å². The minimum absolute atomic E-state index is 0.260. The molecular formula is C23H26F4N2O2. The molecule has 0 N–H and O–H groups in total. The SMILES string of the molecule is CCc1ccc(OC)c(N2CCN(C(=O)c3ccc(F)cc3C(F)(F)F)CC2)c1CC. The molecule has 2 aromatic rings. The maximum absolute atomic E-state index is 13.4. The molecule has 3 rings (SSSR count). The molecule has 0 radical (unpaired) electrons. The van der Waals surface area contributed by atoms with Crippen LogP contribution in [0.25, 0.3) is 0 Å². The molecule has 0 aliphatic carbocycles. The predicted octanol–water partition coefficient (Wildman–Crippen LogP) is 4.94. The number of carbonyl (C=O) groups is 1. The second-order valence-electron chi connectivity index (χ2n) is 7.43. The van der Waals surface area contributed by atoms with Crippen molar-refractivity contribution in [1.29, 1.82) is 0 Å². The van der Waals surface area contributed by atoms with Crippen LogP contribution in [0.15, 0.2) is 30.3 Å². The van der Waals surface area contributed by atoms with Gasteiger partial charge in [0.1, 0.15) is 11.6 Å². The Morgan fingerprint density at radius 1 is 1.03 bits per heavy atom. The van der Waals surface area contributed by atoms with Crippen LogP contribution >= 0.6 is 0 Å². The third-order valence-corrected chi connectivity index (χ3v) is 5.70. The Labute approximate surface area is 179 Å². The fourth-order valence-corrected chi connectivity index (χ4v) is 4.13. The van der Waals surface area contributed by atoms with Crippen LogP contribution in [0.1, 0.15) is 40.9 Å². The molecule has 4 nitrogen and oxygen atoms in total. The fraction of sp³-hybridized carbons (Fsp3) is 0.435. The van der Waals surface area contributed by atoms with Crippen LogP contribution in [0, 0.1) is 5.82 Å². The van der Waals surface area contributed by atoms with Crippen molar-refractivity contribution < 1.29 is 27.1 Å². The lowest BCUT2D eigenvalue weighted by Gasteiger charge is -2.38. The number of hydrogen-bond acceptors (Lipinski definition) is 3. The largest absolute Gasteiger partial charge is 0.495 e. The molecule has 0 unspecified atom stereocenters. The van der Waals surface area contributed by atoms with Gasteiger partial charge in [-0.25, -0.2) is 4.39 Å². The summed E-state index contributed by atoms with van der Waals surface area (Å²) in [7, 11) is 1.61. The fourth-order valence-electron chi connectivity index (χ4n) is 4.13. The molecule has 2 aromatic carbocycles. The van der Waals surface area contributed by atoms with E-state index in [1.54, 1.807) is 7.11 Å². The molecule has 0 atom stereocenters. The van der Waals surface area contributed by atoms with E-state index >= 15 is 0 Å². The van der Waals surface area contributed by atoms with Gasteiger partial charge in [0, 0.05) is 26.2 Å². The third kappa shape index (κ3) is 4.62. The zero-order valence-electron chi connectivity index (χ0n) is 17.9. The Balaban J connectivity index is 1.84. The zero-order valence-corrected chi connectivity index (χ0v) is 17.9. The van der Waals surface area contributed by atoms with Crippen molar-refractivity contribution in [3.05, 3.63) is 58.4 Å². The molecule has 168 valence electrons. The van der Waals surface area contributed by atoms with Crippen LogP contribution in [0.5, 0.6) is 5.75 Å². The number of piperazine rings is 1. The highest BCUT2D eigenvalue weighted by atomic mass is 19.4. The van der Waals surface area contributed by atoms with E-state index < -0.39 is 29.0 Å². The lowest BCUT2D eigenvalue weighted by molar-refractivity contribution is -0.138. The van der Waals surface area contributed by atoms with Gasteiger partial charge in [-0.15, -0.1) is 0 Å². The Morgan fingerprint density at radius 2 is 1.71 bits per heavy atom. The van der Waals surface area contributed by atoms with E-state index in [4.69, 9.17) is 4.74 Å². The summed E-state index contributed by atoms with van der Waals surface area (Å²) in [6, 6.07) is 6.15. The second-order valence-corrected chi connectivity index (χ2v) is 7.43. The Kier molecular flexibility index (Phi) is 6.77. The quantitative estimate of drug-likeness (QED) is 0.620. The first kappa shape index (κ1) is 22.9. The molecule has 1 aliphatic heterocycles. The number of amides is 1. The third-order valence-electron chi connectivity index (χ3n) is 5.70. The van der Waals surface area contributed by atoms with Gasteiger partial charge in [0.25, 0.3) is 5.91 Å². The van der Waals surface area contributed by atoms with E-state index in [0.29, 0.717) is 19.2 Å². The minimum atomic E-state index is -4.81. The van der Waals surface area contributed by atoms with Crippen LogP contribution in [-0.4, -0.2) is 44.1 Å². The second kappa shape index (κ2) is 9.16. The smallest absolute Gasteiger partial charge is 0.417 e. The highest BCUT2D eigenvalue weighted by Gasteiger charge is 2.37. The van der Waals surface area contributed by atoms with Crippen molar-refractivity contribution in [3.63, 3.8) is 0 Å². The van der Waals surface area contributed by atoms with Gasteiger partial charge in [-0.2, -0.15) is 13.2 Å². The van der Waals surface area contributed by atoms with Gasteiger partial charge in [0.05, 0.1) is 23.9 Å². The number of ether oxygens (including phenoxy) is 1. The molecule has 0 saturated carbocycles. The molecule has 8 heteroatoms. The molecule has 31 heavy (non-hydrogen) atoms. The number of hydrogen-bond donors (Lipinski definition) is 0. The van der Waals surface area contributed by atoms with E-state index in [2.05, 4.69) is 18.7 Å². The van der Waals surface area contributed by atoms with Crippen LogP contribution in [-0.2, 0) is 19.0 Å². The number of carbonyl (C=O) groups excluding carboxylic acids is 1. The predicted molar refractivity (Wildman–Crippen MR) is 111 cm³/mol. The number of anilines is 1. The van der Waals surface area contributed by atoms with Gasteiger partial charge in [-0.3, -0.25) is 4.79 Å². The summed E-state index contributed by atoms with van der Waals surface area (Å²) in [5.41, 5.74) is 1.61. The van der Waals surface area contributed by atoms with E-state index in [1.807, 2.05) is 12.1 Å². The van der Waals surface area contributed by atoms with Crippen molar-refractivity contribution in [2.45, 2.75) is 32.9 Å². The van der Waals surface area contributed by atoms with Crippen molar-refractivity contribution in [1.82, 2.24) is 4.90 Å². The average molecular weight is 438 g/mol. The molecule has 0 spiro atoms. The number of nitrogens with zero attached hydrogens (tertiary/aromatic N) is 2. The first-order chi connectivity index (χ1) is 14.7. The van der Waals surface area contributed by atoms with E-state index in [9.17, 15) is 22.4 Å². The molecule has 1 amide bonds. The number of halogens is 4. The summed E-state index contributed by atoms with van der Waals surface area (Å²) in [5.74, 6) is -1.02. The van der Waals surface area contributed by atoms with Crippen molar-refractivity contribution in [2.75, 3.05) is 38.2 Å². The summed E-state index contributed by atoms with van der Waals surface area (Å²) in [4.78, 5) is 16.3. The number of alkyl halides is 3. The standard InChI is InChI=1S/C23H26F4N2O2/c1-4-15-6-9-20(31-3)21(17(15)5-2)28-10-12-29(13-11-28)22(30)18-8-7-16(24)14-19(18)23(25,26)27/h6-9,14H,4-5,10-13H2,1-3H3. The summed E-state index contributed by atoms with van der Waals surface area (Å²) < 4.78 is 58.9. The number of benzene rings is 2. The highest BCUT2D eigenvalue weighted by Crippen LogP contribution is 2.37. The summed E-state index contributed by atoms with van der Waals surface area (Å²) in [6.07, 6.45) is -3.11. The lowest BCUT2D eigenvalue weighted by Crippen LogP contribution is -2.49. The summed E-state index contributed by atoms with van der Waals surface area (Å²) in [6.45, 7) is 5.61. The van der Waals surface area contributed by atoms with Gasteiger partial charge in [-0.1, -0.05) is 19.9 Å². The monoisotopic (exact) mass is 438 g/mol. The maximum Gasteiger partial charge on any atom is 0.417 e. The summed E-state index contributed by atoms with van der Waals surface area (Å²) in [5, 5.41) is 0. The molecule has 1 saturated heterocycles. The molecule has 1 heterocycles. The Bertz CT molecular complexity index is 951. The lowest BCUT2D eigenvalue weighted by atomic mass is 9.98. The van der Waals surface area contributed by atoms with Crippen molar-refractivity contribution in [3.8, 4) is 5.75 Å². The van der Waals surface area contributed by atoms with Crippen LogP contribution in [0.3, 0.4) is 0 Å². The molecule has 0 aromatic heterocycles.